The summed E-state index contributed by atoms with van der Waals surface area (Å²) in [5, 5.41) is 1.61. The van der Waals surface area contributed by atoms with Crippen LogP contribution in [0.2, 0.25) is 0 Å². The van der Waals surface area contributed by atoms with E-state index in [1.54, 1.807) is 0 Å². The van der Waals surface area contributed by atoms with E-state index in [1.807, 2.05) is 13.8 Å². The standard InChI is InChI=1S/2C7H17N3S.H2O4S/c2*1-3-4-5-10-7(9)11-6(2)8;1-5(2,3)4/h2*6H,3-5,8H2,1-2H3,(H2,9,10);(H2,1,2,3,4). The van der Waals surface area contributed by atoms with E-state index in [0.717, 1.165) is 36.3 Å². The van der Waals surface area contributed by atoms with Crippen molar-refractivity contribution < 1.29 is 27.5 Å². The monoisotopic (exact) mass is 448 g/mol. The molecule has 27 heavy (non-hydrogen) atoms. The number of nitrogens with one attached hydrogen (secondary N) is 2. The Balaban J connectivity index is -0.000000344. The van der Waals surface area contributed by atoms with Gasteiger partial charge in [-0.25, -0.2) is 0 Å². The van der Waals surface area contributed by atoms with Crippen molar-refractivity contribution >= 4 is 44.3 Å². The minimum absolute atomic E-state index is 0.0733. The molecule has 0 fully saturated rings. The number of nitrogens with two attached hydrogens (primary N) is 4. The molecule has 0 saturated heterocycles. The van der Waals surface area contributed by atoms with Gasteiger partial charge in [-0.05, 0) is 50.2 Å². The van der Waals surface area contributed by atoms with Gasteiger partial charge in [0, 0.05) is 10.4 Å². The normalized spacial score (nSPS) is 14.4. The quantitative estimate of drug-likeness (QED) is 0.0556. The van der Waals surface area contributed by atoms with Crippen molar-refractivity contribution in [1.29, 1.82) is 0 Å². The molecule has 0 spiro atoms. The fourth-order valence-electron chi connectivity index (χ4n) is 1.26. The summed E-state index contributed by atoms with van der Waals surface area (Å²) < 4.78 is 34.1. The molecule has 0 saturated carbocycles. The van der Waals surface area contributed by atoms with Crippen LogP contribution in [0.3, 0.4) is 0 Å². The highest BCUT2D eigenvalue weighted by atomic mass is 32.3. The molecule has 2 unspecified atom stereocenters. The van der Waals surface area contributed by atoms with Gasteiger partial charge in [0.1, 0.15) is 0 Å². The third-order valence-electron chi connectivity index (χ3n) is 2.28. The fourth-order valence-corrected chi connectivity index (χ4v) is 2.43. The third-order valence-corrected chi connectivity index (χ3v) is 3.82. The molecular weight excluding hydrogens is 412 g/mol. The summed E-state index contributed by atoms with van der Waals surface area (Å²) in [4.78, 5) is 6.18. The Bertz CT molecular complexity index is 461. The van der Waals surface area contributed by atoms with E-state index in [0.29, 0.717) is 0 Å². The smallest absolute Gasteiger partial charge is 0.303 e. The lowest BCUT2D eigenvalue weighted by atomic mass is 10.3. The van der Waals surface area contributed by atoms with Crippen molar-refractivity contribution in [3.8, 4) is 0 Å². The summed E-state index contributed by atoms with van der Waals surface area (Å²) in [5.74, 6) is 0. The van der Waals surface area contributed by atoms with Crippen LogP contribution in [0, 0.1) is 0 Å². The Morgan fingerprint density at radius 1 is 0.889 bits per heavy atom. The molecule has 0 aliphatic heterocycles. The molecule has 0 heterocycles. The van der Waals surface area contributed by atoms with E-state index in [9.17, 15) is 0 Å². The van der Waals surface area contributed by atoms with E-state index in [-0.39, 0.29) is 10.7 Å². The molecule has 0 radical (unpaired) electrons. The van der Waals surface area contributed by atoms with Gasteiger partial charge in [-0.3, -0.25) is 29.9 Å². The molecular formula is C14H36N6O4S3. The number of amidine groups is 2. The zero-order valence-corrected chi connectivity index (χ0v) is 19.0. The number of thioether (sulfide) groups is 2. The molecule has 13 heteroatoms. The Morgan fingerprint density at radius 3 is 1.33 bits per heavy atom. The van der Waals surface area contributed by atoms with Gasteiger partial charge in [0.25, 0.3) is 0 Å². The van der Waals surface area contributed by atoms with Crippen molar-refractivity contribution in [3.05, 3.63) is 0 Å². The highest BCUT2D eigenvalue weighted by Gasteiger charge is 2.03. The van der Waals surface area contributed by atoms with Gasteiger partial charge < -0.3 is 20.6 Å². The maximum Gasteiger partial charge on any atom is 0.303 e. The Labute approximate surface area is 172 Å². The number of hydrogen-bond donors (Lipinski definition) is 6. The molecule has 164 valence electrons. The van der Waals surface area contributed by atoms with Crippen LogP contribution in [0.1, 0.15) is 53.4 Å². The van der Waals surface area contributed by atoms with Gasteiger partial charge in [-0.2, -0.15) is 0 Å². The van der Waals surface area contributed by atoms with Crippen molar-refractivity contribution in [2.24, 2.45) is 22.9 Å². The maximum atomic E-state index is 8.52. The molecule has 0 aromatic carbocycles. The van der Waals surface area contributed by atoms with Crippen molar-refractivity contribution in [1.82, 2.24) is 0 Å². The summed E-state index contributed by atoms with van der Waals surface area (Å²) >= 11 is 2.93. The molecule has 0 aromatic heterocycles. The molecule has 0 aliphatic carbocycles. The average Bonchev–Trinajstić information content (AvgIpc) is 2.45. The molecule has 10 N–H and O–H groups in total. The first kappa shape index (κ1) is 31.1. The fraction of sp³-hybridized carbons (Fsp3) is 0.857. The predicted molar refractivity (Wildman–Crippen MR) is 113 cm³/mol. The van der Waals surface area contributed by atoms with Crippen LogP contribution in [-0.2, 0) is 10.4 Å². The molecule has 0 aromatic rings. The molecule has 0 amide bonds. The lowest BCUT2D eigenvalue weighted by molar-refractivity contribution is -0.455. The highest BCUT2D eigenvalue weighted by Crippen LogP contribution is 1.99. The first-order valence-corrected chi connectivity index (χ1v) is 11.7. The first-order valence-electron chi connectivity index (χ1n) is 8.57. The van der Waals surface area contributed by atoms with E-state index >= 15 is 0 Å². The average molecular weight is 449 g/mol. The second-order valence-corrected chi connectivity index (χ2v) is 9.00. The van der Waals surface area contributed by atoms with Gasteiger partial charge in [-0.15, -0.1) is 0 Å². The number of unbranched alkanes of at least 4 members (excludes halogenated alkanes) is 2. The zero-order valence-electron chi connectivity index (χ0n) is 16.6. The van der Waals surface area contributed by atoms with Gasteiger partial charge >= 0.3 is 10.3 Å². The summed E-state index contributed by atoms with van der Waals surface area (Å²) in [5.41, 5.74) is 22.2. The van der Waals surface area contributed by atoms with E-state index in [2.05, 4.69) is 23.8 Å². The Hall–Kier alpha value is -0.570. The predicted octanol–water partition coefficient (Wildman–Crippen LogP) is -2.90. The minimum atomic E-state index is -5.17. The lowest BCUT2D eigenvalue weighted by Gasteiger charge is -2.06. The molecule has 0 rings (SSSR count). The van der Waals surface area contributed by atoms with Gasteiger partial charge in [-0.1, -0.05) is 26.7 Å². The van der Waals surface area contributed by atoms with Crippen LogP contribution in [0.15, 0.2) is 0 Å². The highest BCUT2D eigenvalue weighted by molar-refractivity contribution is 8.14. The summed E-state index contributed by atoms with van der Waals surface area (Å²) in [6.07, 6.45) is 4.67. The summed E-state index contributed by atoms with van der Waals surface area (Å²) in [6.45, 7) is 10.0. The second-order valence-electron chi connectivity index (χ2n) is 5.34. The van der Waals surface area contributed by atoms with E-state index in [4.69, 9.17) is 40.5 Å². The van der Waals surface area contributed by atoms with Crippen molar-refractivity contribution in [2.75, 3.05) is 13.1 Å². The molecule has 10 nitrogen and oxygen atoms in total. The lowest BCUT2D eigenvalue weighted by Crippen LogP contribution is -2.74. The topological polar surface area (TPSA) is 212 Å². The van der Waals surface area contributed by atoms with Gasteiger partial charge in [0.2, 0.25) is 0 Å². The van der Waals surface area contributed by atoms with Crippen LogP contribution < -0.4 is 32.9 Å². The van der Waals surface area contributed by atoms with Gasteiger partial charge in [0.15, 0.2) is 0 Å². The number of hydrogen-bond acceptors (Lipinski definition) is 8. The molecule has 2 atom stereocenters. The summed E-state index contributed by atoms with van der Waals surface area (Å²) in [7, 11) is -5.17. The van der Waals surface area contributed by atoms with Crippen LogP contribution in [0.4, 0.5) is 0 Å². The Morgan fingerprint density at radius 2 is 1.15 bits per heavy atom. The minimum Gasteiger partial charge on any atom is -0.759 e. The largest absolute Gasteiger partial charge is 0.759 e. The van der Waals surface area contributed by atoms with Crippen LogP contribution in [-0.4, -0.2) is 51.7 Å². The zero-order chi connectivity index (χ0) is 21.9. The SMILES string of the molecule is CCCC[NH+]=C(N)SC(C)N.CCCC[NH+]=C(N)SC(C)N.O=S(=O)([O-])[O-]. The first-order chi connectivity index (χ1) is 12.3. The van der Waals surface area contributed by atoms with Crippen LogP contribution in [0.25, 0.3) is 0 Å². The number of rotatable bonds is 8. The van der Waals surface area contributed by atoms with Crippen molar-refractivity contribution in [2.45, 2.75) is 64.1 Å². The molecule has 0 bridgehead atoms. The second kappa shape index (κ2) is 20.2. The molecule has 0 aliphatic rings. The third kappa shape index (κ3) is 46.0. The van der Waals surface area contributed by atoms with Gasteiger partial charge in [0.05, 0.1) is 23.8 Å². The van der Waals surface area contributed by atoms with E-state index < -0.39 is 10.4 Å². The van der Waals surface area contributed by atoms with Crippen molar-refractivity contribution in [3.63, 3.8) is 0 Å². The van der Waals surface area contributed by atoms with Crippen LogP contribution in [0.5, 0.6) is 0 Å². The summed E-state index contributed by atoms with van der Waals surface area (Å²) in [6, 6.07) is 0. The van der Waals surface area contributed by atoms with Crippen LogP contribution >= 0.6 is 23.5 Å². The maximum absolute atomic E-state index is 8.52. The Kier molecular flexibility index (Phi) is 23.3. The van der Waals surface area contributed by atoms with E-state index in [1.165, 1.54) is 36.4 Å².